The van der Waals surface area contributed by atoms with Crippen LogP contribution in [0.1, 0.15) is 29.9 Å². The fraction of sp³-hybridized carbons (Fsp3) is 0.242. The van der Waals surface area contributed by atoms with Gasteiger partial charge in [0.05, 0.1) is 28.9 Å². The van der Waals surface area contributed by atoms with E-state index in [2.05, 4.69) is 0 Å². The number of nitrogens with two attached hydrogens (primary N) is 1. The monoisotopic (exact) mass is 629 g/mol. The molecule has 0 aromatic heterocycles. The first-order valence-electron chi connectivity index (χ1n) is 14.1. The van der Waals surface area contributed by atoms with Crippen molar-refractivity contribution in [3.05, 3.63) is 106 Å². The van der Waals surface area contributed by atoms with Crippen LogP contribution in [0.25, 0.3) is 0 Å². The van der Waals surface area contributed by atoms with Gasteiger partial charge in [-0.05, 0) is 60.7 Å². The Morgan fingerprint density at radius 1 is 0.864 bits per heavy atom. The van der Waals surface area contributed by atoms with E-state index in [9.17, 15) is 24.3 Å². The van der Waals surface area contributed by atoms with Gasteiger partial charge >= 0.3 is 6.03 Å². The summed E-state index contributed by atoms with van der Waals surface area (Å²) >= 11 is 12.8. The van der Waals surface area contributed by atoms with E-state index in [1.807, 2.05) is 6.08 Å². The quantitative estimate of drug-likeness (QED) is 0.311. The number of primary amides is 1. The molecule has 2 saturated heterocycles. The largest absolute Gasteiger partial charge is 0.508 e. The van der Waals surface area contributed by atoms with Gasteiger partial charge in [-0.25, -0.2) is 9.69 Å². The number of fused-ring (bicyclic) bond motifs is 4. The zero-order valence-electron chi connectivity index (χ0n) is 23.0. The number of likely N-dealkylation sites (tertiary alicyclic amines) is 1. The van der Waals surface area contributed by atoms with Crippen LogP contribution in [0.15, 0.2) is 84.4 Å². The second kappa shape index (κ2) is 10.0. The molecule has 3 aromatic carbocycles. The van der Waals surface area contributed by atoms with Gasteiger partial charge in [0.1, 0.15) is 5.75 Å². The lowest BCUT2D eigenvalue weighted by atomic mass is 9.49. The van der Waals surface area contributed by atoms with E-state index < -0.39 is 64.7 Å². The zero-order valence-corrected chi connectivity index (χ0v) is 24.5. The minimum absolute atomic E-state index is 0.0347. The molecule has 7 rings (SSSR count). The van der Waals surface area contributed by atoms with Gasteiger partial charge in [-0.2, -0.15) is 4.90 Å². The number of hydrogen-bond acceptors (Lipinski definition) is 6. The second-order valence-corrected chi connectivity index (χ2v) is 12.5. The standard InChI is InChI=1S/C33H25Cl2N3O6/c34-17-7-4-8-19(13-17)37-29(41)24-15-22-20(10-11-21-26(22)30(42)38(28(21)40)32(36)44)27(23-14-18(35)9-12-25(23)39)33(24,31(37)43)16-5-2-1-3-6-16/h1-10,12-14,21-22,24,26-27,39H,11,15H2,(H2,36,44)/t21-,22+,24-,26-,27+,33+/m0/s1. The van der Waals surface area contributed by atoms with Crippen LogP contribution in [0, 0.1) is 23.7 Å². The van der Waals surface area contributed by atoms with Crippen LogP contribution in [-0.4, -0.2) is 39.7 Å². The lowest BCUT2D eigenvalue weighted by Crippen LogP contribution is -2.53. The van der Waals surface area contributed by atoms with Crippen molar-refractivity contribution in [1.82, 2.24) is 4.90 Å². The molecule has 0 radical (unpaired) electrons. The van der Waals surface area contributed by atoms with Crippen molar-refractivity contribution in [3.63, 3.8) is 0 Å². The van der Waals surface area contributed by atoms with E-state index in [0.717, 1.165) is 4.90 Å². The smallest absolute Gasteiger partial charge is 0.328 e. The maximum Gasteiger partial charge on any atom is 0.328 e. The third-order valence-electron chi connectivity index (χ3n) is 9.69. The number of phenols is 1. The topological polar surface area (TPSA) is 138 Å². The Morgan fingerprint density at radius 3 is 2.30 bits per heavy atom. The molecule has 2 aliphatic heterocycles. The molecule has 9 nitrogen and oxygen atoms in total. The number of urea groups is 1. The molecule has 44 heavy (non-hydrogen) atoms. The Hall–Kier alpha value is -4.47. The lowest BCUT2D eigenvalue weighted by molar-refractivity contribution is -0.136. The number of phenolic OH excluding ortho intramolecular Hbond substituents is 1. The van der Waals surface area contributed by atoms with Crippen LogP contribution in [0.4, 0.5) is 10.5 Å². The fourth-order valence-electron chi connectivity index (χ4n) is 8.06. The molecule has 0 bridgehead atoms. The minimum atomic E-state index is -1.56. The molecule has 3 aromatic rings. The molecule has 11 heteroatoms. The Bertz CT molecular complexity index is 1830. The van der Waals surface area contributed by atoms with Gasteiger partial charge in [-0.3, -0.25) is 19.2 Å². The number of imide groups is 4. The zero-order chi connectivity index (χ0) is 31.1. The van der Waals surface area contributed by atoms with Gasteiger partial charge in [0, 0.05) is 21.5 Å². The second-order valence-electron chi connectivity index (χ2n) is 11.6. The van der Waals surface area contributed by atoms with E-state index in [-0.39, 0.29) is 24.3 Å². The van der Waals surface area contributed by atoms with E-state index in [4.69, 9.17) is 28.9 Å². The summed E-state index contributed by atoms with van der Waals surface area (Å²) in [6.07, 6.45) is 1.96. The fourth-order valence-corrected chi connectivity index (χ4v) is 8.43. The summed E-state index contributed by atoms with van der Waals surface area (Å²) in [5.74, 6) is -7.09. The van der Waals surface area contributed by atoms with Gasteiger partial charge in [0.15, 0.2) is 0 Å². The summed E-state index contributed by atoms with van der Waals surface area (Å²) in [4.78, 5) is 70.2. The van der Waals surface area contributed by atoms with Crippen molar-refractivity contribution < 1.29 is 29.1 Å². The van der Waals surface area contributed by atoms with Crippen molar-refractivity contribution >= 4 is 58.5 Å². The first-order valence-corrected chi connectivity index (χ1v) is 14.9. The molecular weight excluding hydrogens is 605 g/mol. The van der Waals surface area contributed by atoms with Crippen LogP contribution < -0.4 is 10.6 Å². The maximum atomic E-state index is 15.1. The highest BCUT2D eigenvalue weighted by Gasteiger charge is 2.70. The van der Waals surface area contributed by atoms with E-state index in [0.29, 0.717) is 31.6 Å². The Labute approximate surface area is 261 Å². The summed E-state index contributed by atoms with van der Waals surface area (Å²) in [7, 11) is 0. The molecule has 6 atom stereocenters. The number of anilines is 1. The minimum Gasteiger partial charge on any atom is -0.508 e. The Kier molecular flexibility index (Phi) is 6.46. The van der Waals surface area contributed by atoms with Gasteiger partial charge in [-0.15, -0.1) is 0 Å². The SMILES string of the molecule is NC(=O)N1C(=O)[C@H]2[C@H](CC=C3[C@H]2C[C@H]2C(=O)N(c4cccc(Cl)c4)C(=O)[C@@]2(c2ccccc2)[C@H]3c2cc(Cl)ccc2O)C1=O. The molecule has 2 heterocycles. The molecule has 6 amide bonds. The number of hydrogen-bond donors (Lipinski definition) is 2. The molecule has 3 fully saturated rings. The number of halogens is 2. The van der Waals surface area contributed by atoms with Crippen molar-refractivity contribution in [3.8, 4) is 5.75 Å². The average molecular weight is 630 g/mol. The number of amides is 6. The number of carbonyl (C=O) groups is 5. The molecule has 1 saturated carbocycles. The molecular formula is C33H25Cl2N3O6. The summed E-state index contributed by atoms with van der Waals surface area (Å²) in [5.41, 5.74) is 5.63. The predicted octanol–water partition coefficient (Wildman–Crippen LogP) is 4.94. The maximum absolute atomic E-state index is 15.1. The number of allylic oxidation sites excluding steroid dienone is 2. The normalized spacial score (nSPS) is 29.3. The van der Waals surface area contributed by atoms with Crippen LogP contribution in [0.3, 0.4) is 0 Å². The Morgan fingerprint density at radius 2 is 1.59 bits per heavy atom. The highest BCUT2D eigenvalue weighted by atomic mass is 35.5. The third-order valence-corrected chi connectivity index (χ3v) is 10.2. The van der Waals surface area contributed by atoms with Crippen LogP contribution in [-0.2, 0) is 24.6 Å². The number of aromatic hydroxyl groups is 1. The molecule has 222 valence electrons. The van der Waals surface area contributed by atoms with Gasteiger partial charge in [-0.1, -0.05) is 71.2 Å². The molecule has 4 aliphatic rings. The van der Waals surface area contributed by atoms with Crippen LogP contribution in [0.5, 0.6) is 5.75 Å². The van der Waals surface area contributed by atoms with E-state index >= 15 is 4.79 Å². The molecule has 0 unspecified atom stereocenters. The van der Waals surface area contributed by atoms with Crippen molar-refractivity contribution in [2.24, 2.45) is 29.4 Å². The van der Waals surface area contributed by atoms with E-state index in [1.54, 1.807) is 54.6 Å². The number of benzene rings is 3. The number of nitrogens with zero attached hydrogens (tertiary/aromatic N) is 2. The van der Waals surface area contributed by atoms with Gasteiger partial charge in [0.25, 0.3) is 0 Å². The summed E-state index contributed by atoms with van der Waals surface area (Å²) in [6.45, 7) is 0. The van der Waals surface area contributed by atoms with Gasteiger partial charge in [0.2, 0.25) is 23.6 Å². The average Bonchev–Trinajstić information content (AvgIpc) is 3.39. The summed E-state index contributed by atoms with van der Waals surface area (Å²) < 4.78 is 0. The highest BCUT2D eigenvalue weighted by molar-refractivity contribution is 6.32. The molecule has 2 aliphatic carbocycles. The predicted molar refractivity (Wildman–Crippen MR) is 161 cm³/mol. The van der Waals surface area contributed by atoms with Crippen molar-refractivity contribution in [2.75, 3.05) is 4.90 Å². The van der Waals surface area contributed by atoms with Crippen molar-refractivity contribution in [1.29, 1.82) is 0 Å². The first kappa shape index (κ1) is 28.3. The number of carbonyl (C=O) groups excluding carboxylic acids is 5. The third kappa shape index (κ3) is 3.75. The first-order chi connectivity index (χ1) is 21.1. The Balaban J connectivity index is 1.52. The van der Waals surface area contributed by atoms with Crippen molar-refractivity contribution in [2.45, 2.75) is 24.2 Å². The molecule has 3 N–H and O–H groups in total. The van der Waals surface area contributed by atoms with Crippen LogP contribution >= 0.6 is 23.2 Å². The molecule has 0 spiro atoms. The van der Waals surface area contributed by atoms with E-state index in [1.165, 1.54) is 18.2 Å². The summed E-state index contributed by atoms with van der Waals surface area (Å²) in [5, 5.41) is 11.9. The summed E-state index contributed by atoms with van der Waals surface area (Å²) in [6, 6.07) is 18.7. The number of rotatable bonds is 3. The lowest BCUT2D eigenvalue weighted by Gasteiger charge is -2.50. The van der Waals surface area contributed by atoms with Gasteiger partial charge < -0.3 is 10.8 Å². The van der Waals surface area contributed by atoms with Crippen LogP contribution in [0.2, 0.25) is 10.0 Å². The highest BCUT2D eigenvalue weighted by Crippen LogP contribution is 2.65.